The van der Waals surface area contributed by atoms with Gasteiger partial charge in [0.2, 0.25) is 0 Å². The second-order valence-corrected chi connectivity index (χ2v) is 4.98. The SMILES string of the molecule is CCCn1ccc(CNC(C)C2CCCO2)c1. The zero-order chi connectivity index (χ0) is 12.1. The highest BCUT2D eigenvalue weighted by Gasteiger charge is 2.21. The molecule has 1 aliphatic rings. The first kappa shape index (κ1) is 12.7. The topological polar surface area (TPSA) is 26.2 Å². The molecular weight excluding hydrogens is 212 g/mol. The maximum Gasteiger partial charge on any atom is 0.0726 e. The third kappa shape index (κ3) is 3.58. The van der Waals surface area contributed by atoms with E-state index in [1.54, 1.807) is 0 Å². The highest BCUT2D eigenvalue weighted by molar-refractivity contribution is 5.10. The zero-order valence-corrected chi connectivity index (χ0v) is 11.0. The molecule has 0 spiro atoms. The number of nitrogens with one attached hydrogen (secondary N) is 1. The van der Waals surface area contributed by atoms with E-state index in [2.05, 4.69) is 42.2 Å². The minimum atomic E-state index is 0.410. The third-order valence-corrected chi connectivity index (χ3v) is 3.44. The molecule has 0 amide bonds. The van der Waals surface area contributed by atoms with Crippen molar-refractivity contribution in [3.05, 3.63) is 24.0 Å². The minimum absolute atomic E-state index is 0.410. The predicted molar refractivity (Wildman–Crippen MR) is 70.0 cm³/mol. The lowest BCUT2D eigenvalue weighted by Crippen LogP contribution is -2.36. The summed E-state index contributed by atoms with van der Waals surface area (Å²) in [7, 11) is 0. The van der Waals surface area contributed by atoms with Crippen molar-refractivity contribution in [3.8, 4) is 0 Å². The molecule has 1 aliphatic heterocycles. The molecule has 2 rings (SSSR count). The Kier molecular flexibility index (Phi) is 4.63. The van der Waals surface area contributed by atoms with Crippen molar-refractivity contribution in [3.63, 3.8) is 0 Å². The average Bonchev–Trinajstić information content (AvgIpc) is 2.97. The molecule has 0 aliphatic carbocycles. The fraction of sp³-hybridized carbons (Fsp3) is 0.714. The molecular formula is C14H24N2O. The van der Waals surface area contributed by atoms with E-state index >= 15 is 0 Å². The van der Waals surface area contributed by atoms with Gasteiger partial charge in [0, 0.05) is 38.1 Å². The smallest absolute Gasteiger partial charge is 0.0726 e. The van der Waals surface area contributed by atoms with Crippen LogP contribution >= 0.6 is 0 Å². The Labute approximate surface area is 104 Å². The highest BCUT2D eigenvalue weighted by atomic mass is 16.5. The molecule has 1 aromatic heterocycles. The number of rotatable bonds is 6. The standard InChI is InChI=1S/C14H24N2O/c1-3-7-16-8-6-13(11-16)10-15-12(2)14-5-4-9-17-14/h6,8,11-12,14-15H,3-5,7,9-10H2,1-2H3. The molecule has 0 radical (unpaired) electrons. The van der Waals surface area contributed by atoms with Crippen molar-refractivity contribution in [2.24, 2.45) is 0 Å². The molecule has 96 valence electrons. The number of aromatic nitrogens is 1. The molecule has 1 fully saturated rings. The van der Waals surface area contributed by atoms with Gasteiger partial charge in [-0.3, -0.25) is 0 Å². The Balaban J connectivity index is 1.76. The van der Waals surface area contributed by atoms with Crippen LogP contribution in [0.3, 0.4) is 0 Å². The Hall–Kier alpha value is -0.800. The normalized spacial score (nSPS) is 21.9. The summed E-state index contributed by atoms with van der Waals surface area (Å²) in [5.41, 5.74) is 1.36. The molecule has 17 heavy (non-hydrogen) atoms. The number of hydrogen-bond acceptors (Lipinski definition) is 2. The maximum absolute atomic E-state index is 5.68. The van der Waals surface area contributed by atoms with Gasteiger partial charge >= 0.3 is 0 Å². The second kappa shape index (κ2) is 6.22. The first-order chi connectivity index (χ1) is 8.29. The van der Waals surface area contributed by atoms with E-state index in [0.717, 1.165) is 19.7 Å². The van der Waals surface area contributed by atoms with Crippen LogP contribution in [0.15, 0.2) is 18.5 Å². The monoisotopic (exact) mass is 236 g/mol. The molecule has 3 nitrogen and oxygen atoms in total. The largest absolute Gasteiger partial charge is 0.377 e. The molecule has 0 bridgehead atoms. The lowest BCUT2D eigenvalue weighted by molar-refractivity contribution is 0.0832. The third-order valence-electron chi connectivity index (χ3n) is 3.44. The summed E-state index contributed by atoms with van der Waals surface area (Å²) in [5.74, 6) is 0. The summed E-state index contributed by atoms with van der Waals surface area (Å²) in [6.07, 6.45) is 8.41. The average molecular weight is 236 g/mol. The number of ether oxygens (including phenoxy) is 1. The molecule has 1 aromatic rings. The molecule has 1 saturated heterocycles. The van der Waals surface area contributed by atoms with Gasteiger partial charge in [0.15, 0.2) is 0 Å². The van der Waals surface area contributed by atoms with E-state index in [0.29, 0.717) is 12.1 Å². The molecule has 2 unspecified atom stereocenters. The molecule has 0 saturated carbocycles. The van der Waals surface area contributed by atoms with Crippen molar-refractivity contribution in [1.82, 2.24) is 9.88 Å². The van der Waals surface area contributed by atoms with Gasteiger partial charge in [0.25, 0.3) is 0 Å². The van der Waals surface area contributed by atoms with Gasteiger partial charge in [-0.25, -0.2) is 0 Å². The van der Waals surface area contributed by atoms with Gasteiger partial charge in [-0.05, 0) is 37.8 Å². The van der Waals surface area contributed by atoms with Gasteiger partial charge in [0.1, 0.15) is 0 Å². The van der Waals surface area contributed by atoms with Gasteiger partial charge in [-0.1, -0.05) is 6.92 Å². The van der Waals surface area contributed by atoms with Crippen molar-refractivity contribution < 1.29 is 4.74 Å². The summed E-state index contributed by atoms with van der Waals surface area (Å²) < 4.78 is 7.94. The van der Waals surface area contributed by atoms with Crippen molar-refractivity contribution in [1.29, 1.82) is 0 Å². The van der Waals surface area contributed by atoms with E-state index in [9.17, 15) is 0 Å². The molecule has 3 heteroatoms. The first-order valence-electron chi connectivity index (χ1n) is 6.79. The lowest BCUT2D eigenvalue weighted by atomic mass is 10.1. The van der Waals surface area contributed by atoms with Crippen LogP contribution in [0, 0.1) is 0 Å². The van der Waals surface area contributed by atoms with E-state index in [1.165, 1.54) is 24.8 Å². The Bertz CT molecular complexity index is 329. The van der Waals surface area contributed by atoms with E-state index in [1.807, 2.05) is 0 Å². The van der Waals surface area contributed by atoms with E-state index < -0.39 is 0 Å². The number of hydrogen-bond donors (Lipinski definition) is 1. The lowest BCUT2D eigenvalue weighted by Gasteiger charge is -2.19. The van der Waals surface area contributed by atoms with Crippen LogP contribution < -0.4 is 5.32 Å². The van der Waals surface area contributed by atoms with Crippen molar-refractivity contribution >= 4 is 0 Å². The molecule has 2 atom stereocenters. The zero-order valence-electron chi connectivity index (χ0n) is 11.0. The fourth-order valence-electron chi connectivity index (χ4n) is 2.40. The minimum Gasteiger partial charge on any atom is -0.377 e. The van der Waals surface area contributed by atoms with Crippen LogP contribution in [0.5, 0.6) is 0 Å². The van der Waals surface area contributed by atoms with Crippen LogP contribution in [-0.4, -0.2) is 23.3 Å². The van der Waals surface area contributed by atoms with Crippen LogP contribution in [0.2, 0.25) is 0 Å². The molecule has 0 aromatic carbocycles. The van der Waals surface area contributed by atoms with Gasteiger partial charge in [-0.15, -0.1) is 0 Å². The quantitative estimate of drug-likeness (QED) is 0.821. The number of aryl methyl sites for hydroxylation is 1. The van der Waals surface area contributed by atoms with Crippen LogP contribution in [0.4, 0.5) is 0 Å². The number of nitrogens with zero attached hydrogens (tertiary/aromatic N) is 1. The first-order valence-corrected chi connectivity index (χ1v) is 6.79. The fourth-order valence-corrected chi connectivity index (χ4v) is 2.40. The van der Waals surface area contributed by atoms with Crippen molar-refractivity contribution in [2.75, 3.05) is 6.61 Å². The van der Waals surface area contributed by atoms with Crippen molar-refractivity contribution in [2.45, 2.75) is 58.3 Å². The molecule has 1 N–H and O–H groups in total. The highest BCUT2D eigenvalue weighted by Crippen LogP contribution is 2.15. The summed E-state index contributed by atoms with van der Waals surface area (Å²) in [5, 5.41) is 3.56. The van der Waals surface area contributed by atoms with Gasteiger partial charge < -0.3 is 14.6 Å². The summed E-state index contributed by atoms with van der Waals surface area (Å²) in [4.78, 5) is 0. The van der Waals surface area contributed by atoms with Crippen LogP contribution in [0.1, 0.15) is 38.7 Å². The van der Waals surface area contributed by atoms with Crippen LogP contribution in [0.25, 0.3) is 0 Å². The summed E-state index contributed by atoms with van der Waals surface area (Å²) >= 11 is 0. The van der Waals surface area contributed by atoms with Gasteiger partial charge in [0.05, 0.1) is 6.10 Å². The Morgan fingerprint density at radius 3 is 3.18 bits per heavy atom. The van der Waals surface area contributed by atoms with E-state index in [-0.39, 0.29) is 0 Å². The van der Waals surface area contributed by atoms with Crippen LogP contribution in [-0.2, 0) is 17.8 Å². The predicted octanol–water partition coefficient (Wildman–Crippen LogP) is 2.56. The summed E-state index contributed by atoms with van der Waals surface area (Å²) in [6, 6.07) is 2.65. The summed E-state index contributed by atoms with van der Waals surface area (Å²) in [6.45, 7) is 7.42. The second-order valence-electron chi connectivity index (χ2n) is 4.98. The molecule has 2 heterocycles. The van der Waals surface area contributed by atoms with E-state index in [4.69, 9.17) is 4.74 Å². The Morgan fingerprint density at radius 1 is 1.59 bits per heavy atom. The Morgan fingerprint density at radius 2 is 2.47 bits per heavy atom. The van der Waals surface area contributed by atoms with Gasteiger partial charge in [-0.2, -0.15) is 0 Å². The maximum atomic E-state index is 5.68.